The van der Waals surface area contributed by atoms with E-state index in [1.54, 1.807) is 6.20 Å². The fourth-order valence-corrected chi connectivity index (χ4v) is 1.60. The molecule has 0 radical (unpaired) electrons. The normalized spacial score (nSPS) is 17.1. The average molecular weight is 221 g/mol. The van der Waals surface area contributed by atoms with Gasteiger partial charge in [0, 0.05) is 12.7 Å². The minimum atomic E-state index is 0.395. The van der Waals surface area contributed by atoms with Gasteiger partial charge < -0.3 is 11.1 Å². The van der Waals surface area contributed by atoms with Gasteiger partial charge in [-0.1, -0.05) is 19.1 Å². The SMILES string of the molecule is CC1(CNc2ncccc2C(N)=S)CC1. The van der Waals surface area contributed by atoms with Crippen molar-refractivity contribution in [2.45, 2.75) is 19.8 Å². The van der Waals surface area contributed by atoms with Crippen LogP contribution in [-0.2, 0) is 0 Å². The molecule has 0 aromatic carbocycles. The Morgan fingerprint density at radius 2 is 2.40 bits per heavy atom. The lowest BCUT2D eigenvalue weighted by Crippen LogP contribution is -2.18. The largest absolute Gasteiger partial charge is 0.389 e. The third-order valence-electron chi connectivity index (χ3n) is 2.86. The third kappa shape index (κ3) is 2.45. The minimum absolute atomic E-state index is 0.395. The number of nitrogens with two attached hydrogens (primary N) is 1. The Balaban J connectivity index is 2.09. The van der Waals surface area contributed by atoms with Crippen LogP contribution < -0.4 is 11.1 Å². The lowest BCUT2D eigenvalue weighted by Gasteiger charge is -2.13. The third-order valence-corrected chi connectivity index (χ3v) is 3.08. The Hall–Kier alpha value is -1.16. The van der Waals surface area contributed by atoms with Crippen molar-refractivity contribution in [1.29, 1.82) is 0 Å². The maximum atomic E-state index is 5.62. The van der Waals surface area contributed by atoms with Crippen LogP contribution in [0.1, 0.15) is 25.3 Å². The lowest BCUT2D eigenvalue weighted by molar-refractivity contribution is 0.609. The molecule has 80 valence electrons. The van der Waals surface area contributed by atoms with Gasteiger partial charge in [-0.15, -0.1) is 0 Å². The van der Waals surface area contributed by atoms with Crippen molar-refractivity contribution >= 4 is 23.0 Å². The summed E-state index contributed by atoms with van der Waals surface area (Å²) in [5.41, 5.74) is 6.90. The molecule has 0 bridgehead atoms. The van der Waals surface area contributed by atoms with Gasteiger partial charge in [0.1, 0.15) is 10.8 Å². The molecule has 2 rings (SSSR count). The summed E-state index contributed by atoms with van der Waals surface area (Å²) in [5, 5.41) is 3.32. The second kappa shape index (κ2) is 3.77. The Morgan fingerprint density at radius 1 is 1.67 bits per heavy atom. The molecule has 1 heterocycles. The number of thiocarbonyl (C=S) groups is 1. The first-order valence-electron chi connectivity index (χ1n) is 5.09. The summed E-state index contributed by atoms with van der Waals surface area (Å²) in [4.78, 5) is 4.65. The summed E-state index contributed by atoms with van der Waals surface area (Å²) in [6.45, 7) is 3.21. The predicted molar refractivity (Wildman–Crippen MR) is 66.0 cm³/mol. The van der Waals surface area contributed by atoms with Gasteiger partial charge in [0.25, 0.3) is 0 Å². The number of rotatable bonds is 4. The van der Waals surface area contributed by atoms with E-state index in [0.29, 0.717) is 10.4 Å². The van der Waals surface area contributed by atoms with E-state index >= 15 is 0 Å². The molecular formula is C11H15N3S. The number of anilines is 1. The van der Waals surface area contributed by atoms with Crippen molar-refractivity contribution in [2.24, 2.45) is 11.1 Å². The lowest BCUT2D eigenvalue weighted by atomic mass is 10.1. The van der Waals surface area contributed by atoms with Crippen molar-refractivity contribution < 1.29 is 0 Å². The van der Waals surface area contributed by atoms with E-state index < -0.39 is 0 Å². The second-order valence-corrected chi connectivity index (χ2v) is 4.87. The Labute approximate surface area is 95.1 Å². The highest BCUT2D eigenvalue weighted by molar-refractivity contribution is 7.80. The van der Waals surface area contributed by atoms with Crippen LogP contribution in [0.2, 0.25) is 0 Å². The quantitative estimate of drug-likeness (QED) is 0.763. The van der Waals surface area contributed by atoms with Crippen LogP contribution in [0.25, 0.3) is 0 Å². The van der Waals surface area contributed by atoms with E-state index in [2.05, 4.69) is 17.2 Å². The molecule has 1 fully saturated rings. The molecule has 1 aromatic heterocycles. The van der Waals surface area contributed by atoms with E-state index in [0.717, 1.165) is 17.9 Å². The summed E-state index contributed by atoms with van der Waals surface area (Å²) >= 11 is 4.97. The molecule has 1 aromatic rings. The van der Waals surface area contributed by atoms with Crippen LogP contribution in [0.4, 0.5) is 5.82 Å². The molecule has 0 spiro atoms. The van der Waals surface area contributed by atoms with Gasteiger partial charge in [0.15, 0.2) is 0 Å². The number of hydrogen-bond acceptors (Lipinski definition) is 3. The zero-order valence-electron chi connectivity index (χ0n) is 8.79. The molecule has 1 aliphatic carbocycles. The molecule has 1 aliphatic rings. The summed E-state index contributed by atoms with van der Waals surface area (Å²) in [7, 11) is 0. The van der Waals surface area contributed by atoms with Gasteiger partial charge in [-0.25, -0.2) is 4.98 Å². The highest BCUT2D eigenvalue weighted by atomic mass is 32.1. The number of aromatic nitrogens is 1. The van der Waals surface area contributed by atoms with Gasteiger partial charge in [-0.3, -0.25) is 0 Å². The number of nitrogens with zero attached hydrogens (tertiary/aromatic N) is 1. The van der Waals surface area contributed by atoms with Crippen molar-refractivity contribution in [2.75, 3.05) is 11.9 Å². The Bertz CT molecular complexity index is 385. The van der Waals surface area contributed by atoms with Gasteiger partial charge >= 0.3 is 0 Å². The van der Waals surface area contributed by atoms with Crippen molar-refractivity contribution in [3.63, 3.8) is 0 Å². The second-order valence-electron chi connectivity index (χ2n) is 4.43. The maximum absolute atomic E-state index is 5.62. The molecular weight excluding hydrogens is 206 g/mol. The van der Waals surface area contributed by atoms with E-state index in [4.69, 9.17) is 18.0 Å². The van der Waals surface area contributed by atoms with E-state index in [-0.39, 0.29) is 0 Å². The molecule has 0 amide bonds. The van der Waals surface area contributed by atoms with Crippen molar-refractivity contribution in [3.8, 4) is 0 Å². The molecule has 15 heavy (non-hydrogen) atoms. The summed E-state index contributed by atoms with van der Waals surface area (Å²) in [6.07, 6.45) is 4.32. The van der Waals surface area contributed by atoms with E-state index in [1.165, 1.54) is 12.8 Å². The topological polar surface area (TPSA) is 50.9 Å². The van der Waals surface area contributed by atoms with Crippen LogP contribution in [0, 0.1) is 5.41 Å². The summed E-state index contributed by atoms with van der Waals surface area (Å²) in [5.74, 6) is 0.804. The zero-order chi connectivity index (χ0) is 10.9. The van der Waals surface area contributed by atoms with Gasteiger partial charge in [-0.05, 0) is 30.4 Å². The highest BCUT2D eigenvalue weighted by Gasteiger charge is 2.36. The standard InChI is InChI=1S/C11H15N3S/c1-11(4-5-11)7-14-10-8(9(12)15)3-2-6-13-10/h2-3,6H,4-5,7H2,1H3,(H2,12,15)(H,13,14). The van der Waals surface area contributed by atoms with E-state index in [9.17, 15) is 0 Å². The molecule has 0 aliphatic heterocycles. The number of pyridine rings is 1. The fourth-order valence-electron chi connectivity index (χ4n) is 1.43. The van der Waals surface area contributed by atoms with Gasteiger partial charge in [0.05, 0.1) is 5.56 Å². The summed E-state index contributed by atoms with van der Waals surface area (Å²) < 4.78 is 0. The first kappa shape index (κ1) is 10.4. The number of hydrogen-bond donors (Lipinski definition) is 2. The molecule has 0 unspecified atom stereocenters. The first-order chi connectivity index (χ1) is 7.11. The fraction of sp³-hybridized carbons (Fsp3) is 0.455. The molecule has 3 N–H and O–H groups in total. The average Bonchev–Trinajstić information content (AvgIpc) is 2.95. The summed E-state index contributed by atoms with van der Waals surface area (Å²) in [6, 6.07) is 3.74. The van der Waals surface area contributed by atoms with E-state index in [1.807, 2.05) is 12.1 Å². The van der Waals surface area contributed by atoms with Crippen LogP contribution in [0.5, 0.6) is 0 Å². The van der Waals surface area contributed by atoms with Gasteiger partial charge in [-0.2, -0.15) is 0 Å². The highest BCUT2D eigenvalue weighted by Crippen LogP contribution is 2.44. The van der Waals surface area contributed by atoms with Crippen molar-refractivity contribution in [1.82, 2.24) is 4.98 Å². The maximum Gasteiger partial charge on any atom is 0.136 e. The minimum Gasteiger partial charge on any atom is -0.389 e. The van der Waals surface area contributed by atoms with Crippen molar-refractivity contribution in [3.05, 3.63) is 23.9 Å². The molecule has 0 atom stereocenters. The number of nitrogens with one attached hydrogen (secondary N) is 1. The molecule has 3 nitrogen and oxygen atoms in total. The van der Waals surface area contributed by atoms with Gasteiger partial charge in [0.2, 0.25) is 0 Å². The van der Waals surface area contributed by atoms with Crippen LogP contribution >= 0.6 is 12.2 Å². The van der Waals surface area contributed by atoms with Crippen LogP contribution in [0.3, 0.4) is 0 Å². The van der Waals surface area contributed by atoms with Crippen LogP contribution in [-0.4, -0.2) is 16.5 Å². The Kier molecular flexibility index (Phi) is 2.61. The molecule has 1 saturated carbocycles. The molecule has 0 saturated heterocycles. The van der Waals surface area contributed by atoms with Crippen LogP contribution in [0.15, 0.2) is 18.3 Å². The monoisotopic (exact) mass is 221 g/mol. The predicted octanol–water partition coefficient (Wildman–Crippen LogP) is 1.93. The molecule has 4 heteroatoms. The zero-order valence-corrected chi connectivity index (χ0v) is 9.60. The Morgan fingerprint density at radius 3 is 3.00 bits per heavy atom. The first-order valence-corrected chi connectivity index (χ1v) is 5.50. The smallest absolute Gasteiger partial charge is 0.136 e.